The van der Waals surface area contributed by atoms with E-state index in [2.05, 4.69) is 20.9 Å². The van der Waals surface area contributed by atoms with Crippen molar-refractivity contribution in [2.24, 2.45) is 0 Å². The second-order valence-electron chi connectivity index (χ2n) is 2.94. The van der Waals surface area contributed by atoms with E-state index in [0.717, 1.165) is 0 Å². The summed E-state index contributed by atoms with van der Waals surface area (Å²) in [5.41, 5.74) is 0.445. The predicted octanol–water partition coefficient (Wildman–Crippen LogP) is 2.99. The molecule has 0 spiro atoms. The van der Waals surface area contributed by atoms with Crippen LogP contribution in [-0.2, 0) is 11.8 Å². The number of hydrogen-bond acceptors (Lipinski definition) is 3. The summed E-state index contributed by atoms with van der Waals surface area (Å²) in [6.07, 6.45) is -2.57. The van der Waals surface area contributed by atoms with Gasteiger partial charge in [-0.05, 0) is 6.07 Å². The van der Waals surface area contributed by atoms with Crippen molar-refractivity contribution in [3.8, 4) is 11.8 Å². The van der Waals surface area contributed by atoms with E-state index in [0.29, 0.717) is 5.69 Å². The minimum absolute atomic E-state index is 0.0344. The van der Waals surface area contributed by atoms with Gasteiger partial charge in [0.2, 0.25) is 0 Å². The van der Waals surface area contributed by atoms with Crippen molar-refractivity contribution in [3.63, 3.8) is 0 Å². The fourth-order valence-corrected chi connectivity index (χ4v) is 1.71. The first-order valence-electron chi connectivity index (χ1n) is 4.41. The van der Waals surface area contributed by atoms with E-state index in [1.165, 1.54) is 13.2 Å². The van der Waals surface area contributed by atoms with Gasteiger partial charge in [-0.15, -0.1) is 0 Å². The third kappa shape index (κ3) is 2.67. The van der Waals surface area contributed by atoms with Gasteiger partial charge in [-0.25, -0.2) is 8.78 Å². The summed E-state index contributed by atoms with van der Waals surface area (Å²) in [6.45, 7) is 0. The Hall–Kier alpha value is -1.22. The molecule has 0 radical (unpaired) electrons. The lowest BCUT2D eigenvalue weighted by Crippen LogP contribution is -2.03. The highest BCUT2D eigenvalue weighted by Gasteiger charge is 2.18. The molecule has 0 aliphatic carbocycles. The van der Waals surface area contributed by atoms with Gasteiger partial charge < -0.3 is 4.74 Å². The van der Waals surface area contributed by atoms with Crippen molar-refractivity contribution in [2.45, 2.75) is 18.2 Å². The minimum Gasteiger partial charge on any atom is -0.495 e. The molecule has 86 valence electrons. The maximum atomic E-state index is 12.7. The zero-order valence-electron chi connectivity index (χ0n) is 8.51. The van der Waals surface area contributed by atoms with Crippen LogP contribution in [0.2, 0.25) is 0 Å². The van der Waals surface area contributed by atoms with Crippen LogP contribution in [0.3, 0.4) is 0 Å². The number of nitrogens with zero attached hydrogens (tertiary/aromatic N) is 2. The Balaban J connectivity index is 3.29. The van der Waals surface area contributed by atoms with Gasteiger partial charge in [-0.3, -0.25) is 4.98 Å². The molecule has 1 heterocycles. The van der Waals surface area contributed by atoms with Crippen LogP contribution in [0.25, 0.3) is 0 Å². The molecule has 16 heavy (non-hydrogen) atoms. The Morgan fingerprint density at radius 2 is 2.25 bits per heavy atom. The monoisotopic (exact) mass is 290 g/mol. The van der Waals surface area contributed by atoms with Gasteiger partial charge in [-0.2, -0.15) is 5.26 Å². The van der Waals surface area contributed by atoms with Crippen LogP contribution in [0, 0.1) is 11.3 Å². The molecule has 1 aromatic rings. The highest BCUT2D eigenvalue weighted by molar-refractivity contribution is 9.08. The van der Waals surface area contributed by atoms with E-state index >= 15 is 0 Å². The lowest BCUT2D eigenvalue weighted by Gasteiger charge is -2.11. The van der Waals surface area contributed by atoms with Crippen LogP contribution >= 0.6 is 15.9 Å². The maximum absolute atomic E-state index is 12.7. The van der Waals surface area contributed by atoms with Gasteiger partial charge in [0.1, 0.15) is 5.75 Å². The summed E-state index contributed by atoms with van der Waals surface area (Å²) < 4.78 is 30.3. The zero-order valence-corrected chi connectivity index (χ0v) is 10.1. The average Bonchev–Trinajstić information content (AvgIpc) is 2.28. The normalized spacial score (nSPS) is 10.2. The number of nitriles is 1. The van der Waals surface area contributed by atoms with Crippen molar-refractivity contribution < 1.29 is 13.5 Å². The van der Waals surface area contributed by atoms with Gasteiger partial charge in [0.25, 0.3) is 6.43 Å². The molecule has 0 N–H and O–H groups in total. The van der Waals surface area contributed by atoms with Gasteiger partial charge in [0, 0.05) is 10.9 Å². The number of alkyl halides is 3. The third-order valence-electron chi connectivity index (χ3n) is 2.00. The fraction of sp³-hybridized carbons (Fsp3) is 0.400. The molecule has 0 unspecified atom stereocenters. The first kappa shape index (κ1) is 12.8. The fourth-order valence-electron chi connectivity index (χ4n) is 1.26. The number of hydrogen-bond donors (Lipinski definition) is 0. The van der Waals surface area contributed by atoms with Crippen LogP contribution in [0.1, 0.15) is 23.4 Å². The largest absolute Gasteiger partial charge is 0.495 e. The average molecular weight is 291 g/mol. The Bertz CT molecular complexity index is 418. The predicted molar refractivity (Wildman–Crippen MR) is 57.7 cm³/mol. The molecule has 0 atom stereocenters. The summed E-state index contributed by atoms with van der Waals surface area (Å²) in [5, 5.41) is 8.79. The number of halogens is 3. The van der Waals surface area contributed by atoms with Crippen LogP contribution in [-0.4, -0.2) is 12.1 Å². The van der Waals surface area contributed by atoms with Gasteiger partial charge in [-0.1, -0.05) is 15.9 Å². The number of aromatic nitrogens is 1. The molecule has 0 fully saturated rings. The number of rotatable bonds is 4. The van der Waals surface area contributed by atoms with Gasteiger partial charge in [0.05, 0.1) is 31.0 Å². The number of ether oxygens (including phenoxy) is 1. The van der Waals surface area contributed by atoms with Crippen molar-refractivity contribution in [3.05, 3.63) is 23.0 Å². The van der Waals surface area contributed by atoms with Crippen LogP contribution < -0.4 is 4.74 Å². The second-order valence-corrected chi connectivity index (χ2v) is 3.50. The Morgan fingerprint density at radius 3 is 2.69 bits per heavy atom. The summed E-state index contributed by atoms with van der Waals surface area (Å²) in [6, 6.07) is 3.15. The van der Waals surface area contributed by atoms with E-state index in [1.807, 2.05) is 6.07 Å². The molecular weight excluding hydrogens is 282 g/mol. The Labute approximate surface area is 100 Å². The SMILES string of the molecule is COc1cc(C(F)F)c(CBr)nc1CC#N. The Morgan fingerprint density at radius 1 is 1.56 bits per heavy atom. The standard InChI is InChI=1S/C10H9BrF2N2O/c1-16-9-4-6(10(12)13)8(5-11)15-7(9)2-3-14/h4,10H,2,5H2,1H3. The molecule has 1 rings (SSSR count). The van der Waals surface area contributed by atoms with E-state index in [4.69, 9.17) is 10.00 Å². The lowest BCUT2D eigenvalue weighted by molar-refractivity contribution is 0.149. The summed E-state index contributed by atoms with van der Waals surface area (Å²) >= 11 is 3.09. The molecule has 0 aliphatic rings. The van der Waals surface area contributed by atoms with Gasteiger partial charge >= 0.3 is 0 Å². The van der Waals surface area contributed by atoms with Crippen LogP contribution in [0.15, 0.2) is 6.07 Å². The molecule has 0 saturated carbocycles. The highest BCUT2D eigenvalue weighted by Crippen LogP contribution is 2.29. The highest BCUT2D eigenvalue weighted by atomic mass is 79.9. The van der Waals surface area contributed by atoms with Crippen molar-refractivity contribution >= 4 is 15.9 Å². The smallest absolute Gasteiger partial charge is 0.265 e. The quantitative estimate of drug-likeness (QED) is 0.801. The zero-order chi connectivity index (χ0) is 12.1. The maximum Gasteiger partial charge on any atom is 0.265 e. The van der Waals surface area contributed by atoms with E-state index in [1.54, 1.807) is 0 Å². The Kier molecular flexibility index (Phi) is 4.62. The molecule has 0 bridgehead atoms. The molecule has 0 aromatic carbocycles. The number of methoxy groups -OCH3 is 1. The van der Waals surface area contributed by atoms with Crippen molar-refractivity contribution in [1.29, 1.82) is 5.26 Å². The lowest BCUT2D eigenvalue weighted by atomic mass is 10.1. The summed E-state index contributed by atoms with van der Waals surface area (Å²) in [7, 11) is 1.36. The molecule has 0 saturated heterocycles. The van der Waals surface area contributed by atoms with Crippen LogP contribution in [0.4, 0.5) is 8.78 Å². The molecule has 1 aromatic heterocycles. The molecular formula is C10H9BrF2N2O. The second kappa shape index (κ2) is 5.75. The van der Waals surface area contributed by atoms with E-state index < -0.39 is 6.43 Å². The molecule has 3 nitrogen and oxygen atoms in total. The number of pyridine rings is 1. The minimum atomic E-state index is -2.61. The first-order chi connectivity index (χ1) is 7.63. The molecule has 6 heteroatoms. The van der Waals surface area contributed by atoms with E-state index in [9.17, 15) is 8.78 Å². The first-order valence-corrected chi connectivity index (χ1v) is 5.54. The molecule has 0 aliphatic heterocycles. The topological polar surface area (TPSA) is 45.9 Å². The summed E-state index contributed by atoms with van der Waals surface area (Å²) in [4.78, 5) is 4.00. The van der Waals surface area contributed by atoms with Gasteiger partial charge in [0.15, 0.2) is 0 Å². The van der Waals surface area contributed by atoms with Crippen molar-refractivity contribution in [1.82, 2.24) is 4.98 Å². The van der Waals surface area contributed by atoms with Crippen LogP contribution in [0.5, 0.6) is 5.75 Å². The summed E-state index contributed by atoms with van der Waals surface area (Å²) in [5.74, 6) is 0.224. The molecule has 0 amide bonds. The third-order valence-corrected chi connectivity index (χ3v) is 2.53. The van der Waals surface area contributed by atoms with Crippen molar-refractivity contribution in [2.75, 3.05) is 7.11 Å². The van der Waals surface area contributed by atoms with E-state index in [-0.39, 0.29) is 28.8 Å².